The van der Waals surface area contributed by atoms with E-state index >= 15 is 0 Å². The summed E-state index contributed by atoms with van der Waals surface area (Å²) < 4.78 is 92.8. The minimum absolute atomic E-state index is 0.352. The summed E-state index contributed by atoms with van der Waals surface area (Å²) in [6.07, 6.45) is -4.96. The molecule has 0 aliphatic heterocycles. The maximum Gasteiger partial charge on any atom is 0.573 e. The third-order valence-corrected chi connectivity index (χ3v) is 3.94. The first-order valence-electron chi connectivity index (χ1n) is 5.91. The van der Waals surface area contributed by atoms with Gasteiger partial charge in [0.25, 0.3) is 10.0 Å². The van der Waals surface area contributed by atoms with Gasteiger partial charge in [-0.25, -0.2) is 17.2 Å². The summed E-state index contributed by atoms with van der Waals surface area (Å²) in [7, 11) is -4.67. The van der Waals surface area contributed by atoms with Crippen molar-refractivity contribution in [1.82, 2.24) is 0 Å². The quantitative estimate of drug-likeness (QED) is 0.854. The van der Waals surface area contributed by atoms with Gasteiger partial charge in [-0.1, -0.05) is 12.1 Å². The van der Waals surface area contributed by atoms with Crippen molar-refractivity contribution in [3.63, 3.8) is 0 Å². The van der Waals surface area contributed by atoms with E-state index in [0.717, 1.165) is 42.5 Å². The van der Waals surface area contributed by atoms with Gasteiger partial charge in [-0.05, 0) is 24.3 Å². The number of nitrogens with one attached hydrogen (secondary N) is 1. The van der Waals surface area contributed by atoms with E-state index in [0.29, 0.717) is 0 Å². The molecule has 0 fully saturated rings. The second kappa shape index (κ2) is 6.03. The maximum absolute atomic E-state index is 13.5. The molecule has 0 aliphatic rings. The van der Waals surface area contributed by atoms with Gasteiger partial charge in [-0.2, -0.15) is 0 Å². The molecular formula is C13H8F5NO3S. The Bertz CT molecular complexity index is 800. The summed E-state index contributed by atoms with van der Waals surface area (Å²) in [5.74, 6) is -3.35. The van der Waals surface area contributed by atoms with Crippen LogP contribution in [0.3, 0.4) is 0 Å². The Hall–Kier alpha value is -2.36. The highest BCUT2D eigenvalue weighted by atomic mass is 32.2. The Morgan fingerprint density at radius 1 is 0.957 bits per heavy atom. The monoisotopic (exact) mass is 353 g/mol. The van der Waals surface area contributed by atoms with Crippen LogP contribution < -0.4 is 9.46 Å². The third kappa shape index (κ3) is 4.31. The van der Waals surface area contributed by atoms with Gasteiger partial charge in [0.15, 0.2) is 4.90 Å². The van der Waals surface area contributed by atoms with Crippen LogP contribution in [0.2, 0.25) is 0 Å². The molecule has 2 aromatic rings. The van der Waals surface area contributed by atoms with Gasteiger partial charge in [-0.3, -0.25) is 4.72 Å². The summed E-state index contributed by atoms with van der Waals surface area (Å²) in [5.41, 5.74) is -0.352. The Balaban J connectivity index is 2.33. The third-order valence-electron chi connectivity index (χ3n) is 2.51. The molecule has 2 aromatic carbocycles. The van der Waals surface area contributed by atoms with E-state index in [9.17, 15) is 30.4 Å². The summed E-state index contributed by atoms with van der Waals surface area (Å²) in [5, 5.41) is 0. The normalized spacial score (nSPS) is 12.0. The van der Waals surface area contributed by atoms with Crippen LogP contribution >= 0.6 is 0 Å². The molecule has 0 spiro atoms. The molecule has 0 amide bonds. The van der Waals surface area contributed by atoms with Crippen LogP contribution in [-0.2, 0) is 10.0 Å². The number of alkyl halides is 3. The van der Waals surface area contributed by atoms with Crippen LogP contribution in [0.5, 0.6) is 5.75 Å². The fourth-order valence-corrected chi connectivity index (χ4v) is 2.89. The molecule has 0 heterocycles. The van der Waals surface area contributed by atoms with E-state index in [2.05, 4.69) is 4.74 Å². The molecule has 0 radical (unpaired) electrons. The fraction of sp³-hybridized carbons (Fsp3) is 0.0769. The summed E-state index contributed by atoms with van der Waals surface area (Å²) in [4.78, 5) is -1.23. The van der Waals surface area contributed by atoms with Crippen molar-refractivity contribution in [2.75, 3.05) is 4.72 Å². The van der Waals surface area contributed by atoms with E-state index in [1.54, 1.807) is 4.72 Å². The molecule has 0 bridgehead atoms. The molecule has 1 N–H and O–H groups in total. The molecule has 0 aliphatic carbocycles. The summed E-state index contributed by atoms with van der Waals surface area (Å²) >= 11 is 0. The summed E-state index contributed by atoms with van der Waals surface area (Å²) in [6, 6.07) is 6.29. The first kappa shape index (κ1) is 17.0. The molecule has 4 nitrogen and oxygen atoms in total. The topological polar surface area (TPSA) is 55.4 Å². The molecule has 23 heavy (non-hydrogen) atoms. The molecule has 10 heteroatoms. The molecule has 0 saturated heterocycles. The van der Waals surface area contributed by atoms with E-state index in [4.69, 9.17) is 0 Å². The highest BCUT2D eigenvalue weighted by Gasteiger charge is 2.31. The van der Waals surface area contributed by atoms with Gasteiger partial charge in [0.2, 0.25) is 0 Å². The number of benzene rings is 2. The van der Waals surface area contributed by atoms with Crippen LogP contribution in [-0.4, -0.2) is 14.8 Å². The molecule has 0 unspecified atom stereocenters. The molecule has 2 rings (SSSR count). The lowest BCUT2D eigenvalue weighted by molar-refractivity contribution is -0.274. The van der Waals surface area contributed by atoms with Crippen molar-refractivity contribution in [3.05, 3.63) is 54.1 Å². The van der Waals surface area contributed by atoms with Crippen molar-refractivity contribution in [2.24, 2.45) is 0 Å². The van der Waals surface area contributed by atoms with Crippen molar-refractivity contribution < 1.29 is 35.1 Å². The van der Waals surface area contributed by atoms with Gasteiger partial charge in [0.05, 0.1) is 5.69 Å². The van der Waals surface area contributed by atoms with Crippen LogP contribution in [0.4, 0.5) is 27.6 Å². The Kier molecular flexibility index (Phi) is 4.46. The number of hydrogen-bond acceptors (Lipinski definition) is 3. The first-order chi connectivity index (χ1) is 10.6. The zero-order valence-electron chi connectivity index (χ0n) is 11.1. The van der Waals surface area contributed by atoms with Gasteiger partial charge < -0.3 is 4.74 Å². The van der Waals surface area contributed by atoms with E-state index in [-0.39, 0.29) is 5.69 Å². The van der Waals surface area contributed by atoms with Crippen molar-refractivity contribution in [2.45, 2.75) is 11.3 Å². The Morgan fingerprint density at radius 2 is 1.52 bits per heavy atom. The number of rotatable bonds is 4. The zero-order chi connectivity index (χ0) is 17.3. The molecule has 0 atom stereocenters. The zero-order valence-corrected chi connectivity index (χ0v) is 11.9. The number of sulfonamides is 1. The minimum Gasteiger partial charge on any atom is -0.406 e. The highest BCUT2D eigenvalue weighted by molar-refractivity contribution is 7.92. The Labute approximate surface area is 127 Å². The van der Waals surface area contributed by atoms with Gasteiger partial charge >= 0.3 is 6.36 Å². The van der Waals surface area contributed by atoms with Crippen LogP contribution in [0, 0.1) is 11.6 Å². The highest BCUT2D eigenvalue weighted by Crippen LogP contribution is 2.27. The number of hydrogen-bond donors (Lipinski definition) is 1. The Morgan fingerprint density at radius 3 is 2.09 bits per heavy atom. The minimum atomic E-state index is -4.96. The lowest BCUT2D eigenvalue weighted by Crippen LogP contribution is -2.18. The second-order valence-electron chi connectivity index (χ2n) is 4.23. The van der Waals surface area contributed by atoms with Gasteiger partial charge in [0, 0.05) is 6.07 Å². The largest absolute Gasteiger partial charge is 0.573 e. The van der Waals surface area contributed by atoms with Crippen molar-refractivity contribution in [1.29, 1.82) is 0 Å². The first-order valence-corrected chi connectivity index (χ1v) is 7.39. The molecule has 0 aromatic heterocycles. The van der Waals surface area contributed by atoms with Gasteiger partial charge in [0.1, 0.15) is 17.4 Å². The van der Waals surface area contributed by atoms with E-state index in [1.165, 1.54) is 0 Å². The van der Waals surface area contributed by atoms with Crippen molar-refractivity contribution in [3.8, 4) is 5.75 Å². The molecule has 0 saturated carbocycles. The lowest BCUT2D eigenvalue weighted by atomic mass is 10.3. The number of anilines is 1. The smallest absolute Gasteiger partial charge is 0.406 e. The number of ether oxygens (including phenoxy) is 1. The average molecular weight is 353 g/mol. The predicted octanol–water partition coefficient (Wildman–Crippen LogP) is 3.66. The second-order valence-corrected chi connectivity index (χ2v) is 5.85. The SMILES string of the molecule is O=S(=O)(Nc1cccc(OC(F)(F)F)c1)c1c(F)cccc1F. The van der Waals surface area contributed by atoms with Crippen LogP contribution in [0.1, 0.15) is 0 Å². The summed E-state index contributed by atoms with van der Waals surface area (Å²) in [6.45, 7) is 0. The predicted molar refractivity (Wildman–Crippen MR) is 70.3 cm³/mol. The maximum atomic E-state index is 13.5. The van der Waals surface area contributed by atoms with E-state index in [1.807, 2.05) is 0 Å². The average Bonchev–Trinajstić information content (AvgIpc) is 2.35. The van der Waals surface area contributed by atoms with Crippen LogP contribution in [0.15, 0.2) is 47.4 Å². The molecule has 124 valence electrons. The van der Waals surface area contributed by atoms with Gasteiger partial charge in [-0.15, -0.1) is 13.2 Å². The fourth-order valence-electron chi connectivity index (χ4n) is 1.70. The standard InChI is InChI=1S/C13H8F5NO3S/c14-10-5-2-6-11(15)12(10)23(20,21)19-8-3-1-4-9(7-8)22-13(16,17)18/h1-7,19H. The van der Waals surface area contributed by atoms with E-state index < -0.39 is 38.7 Å². The number of halogens is 5. The van der Waals surface area contributed by atoms with Crippen LogP contribution in [0.25, 0.3) is 0 Å². The lowest BCUT2D eigenvalue weighted by Gasteiger charge is -2.12. The van der Waals surface area contributed by atoms with Crippen molar-refractivity contribution >= 4 is 15.7 Å². The molecular weight excluding hydrogens is 345 g/mol.